The summed E-state index contributed by atoms with van der Waals surface area (Å²) in [5, 5.41) is 2.64. The second-order valence-corrected chi connectivity index (χ2v) is 8.95. The van der Waals surface area contributed by atoms with Gasteiger partial charge in [-0.1, -0.05) is 0 Å². The first-order chi connectivity index (χ1) is 12.8. The van der Waals surface area contributed by atoms with Crippen molar-refractivity contribution in [2.75, 3.05) is 18.4 Å². The van der Waals surface area contributed by atoms with Crippen molar-refractivity contribution in [2.24, 2.45) is 5.92 Å². The van der Waals surface area contributed by atoms with Gasteiger partial charge in [-0.05, 0) is 59.1 Å². The molecule has 1 fully saturated rings. The maximum absolute atomic E-state index is 13.9. The number of anilines is 1. The normalized spacial score (nSPS) is 18.3. The Morgan fingerprint density at radius 2 is 2.04 bits per heavy atom. The molecule has 0 saturated carbocycles. The number of piperidine rings is 1. The lowest BCUT2D eigenvalue weighted by molar-refractivity contribution is -0.120. The zero-order chi connectivity index (χ0) is 19.6. The summed E-state index contributed by atoms with van der Waals surface area (Å²) in [6.45, 7) is 0.0270. The molecule has 10 heteroatoms. The number of pyridine rings is 1. The first kappa shape index (κ1) is 19.8. The number of nitrogens with one attached hydrogen (secondary N) is 1. The van der Waals surface area contributed by atoms with Gasteiger partial charge in [0, 0.05) is 23.8 Å². The minimum Gasteiger partial charge on any atom is -0.310 e. The second-order valence-electron chi connectivity index (χ2n) is 6.13. The summed E-state index contributed by atoms with van der Waals surface area (Å²) in [4.78, 5) is 15.8. The van der Waals surface area contributed by atoms with E-state index in [1.54, 1.807) is 12.1 Å². The number of nitrogens with zero attached hydrogens (tertiary/aromatic N) is 2. The average molecular weight is 460 g/mol. The summed E-state index contributed by atoms with van der Waals surface area (Å²) >= 11 is 3.25. The predicted octanol–water partition coefficient (Wildman–Crippen LogP) is 3.16. The third-order valence-corrected chi connectivity index (χ3v) is 6.59. The van der Waals surface area contributed by atoms with Crippen LogP contribution in [0.1, 0.15) is 12.8 Å². The third kappa shape index (κ3) is 4.50. The van der Waals surface area contributed by atoms with Crippen LogP contribution in [0.4, 0.5) is 14.6 Å². The molecule has 1 aliphatic rings. The summed E-state index contributed by atoms with van der Waals surface area (Å²) in [6, 6.07) is 5.61. The number of halogens is 3. The van der Waals surface area contributed by atoms with Crippen molar-refractivity contribution in [2.45, 2.75) is 17.7 Å². The van der Waals surface area contributed by atoms with Gasteiger partial charge in [0.05, 0.1) is 5.92 Å². The molecule has 1 aliphatic heterocycles. The SMILES string of the molecule is O=C(Nc1ccc(Br)cn1)C1CCCN(S(=O)(=O)c2cc(F)ccc2F)C1. The van der Waals surface area contributed by atoms with Gasteiger partial charge in [0.15, 0.2) is 0 Å². The molecule has 2 aromatic rings. The van der Waals surface area contributed by atoms with E-state index in [-0.39, 0.29) is 19.0 Å². The van der Waals surface area contributed by atoms with Crippen LogP contribution >= 0.6 is 15.9 Å². The zero-order valence-electron chi connectivity index (χ0n) is 14.0. The largest absolute Gasteiger partial charge is 0.310 e. The summed E-state index contributed by atoms with van der Waals surface area (Å²) in [7, 11) is -4.24. The molecule has 0 bridgehead atoms. The first-order valence-corrected chi connectivity index (χ1v) is 10.4. The molecule has 1 N–H and O–H groups in total. The number of rotatable bonds is 4. The fraction of sp³-hybridized carbons (Fsp3) is 0.294. The Bertz CT molecular complexity index is 954. The highest BCUT2D eigenvalue weighted by Crippen LogP contribution is 2.26. The van der Waals surface area contributed by atoms with Crippen LogP contribution in [-0.2, 0) is 14.8 Å². The van der Waals surface area contributed by atoms with Gasteiger partial charge in [-0.15, -0.1) is 0 Å². The van der Waals surface area contributed by atoms with Crippen LogP contribution in [0.2, 0.25) is 0 Å². The Hall–Kier alpha value is -1.91. The molecule has 0 spiro atoms. The van der Waals surface area contributed by atoms with E-state index in [2.05, 4.69) is 26.2 Å². The minimum absolute atomic E-state index is 0.110. The number of benzene rings is 1. The molecular weight excluding hydrogens is 444 g/mol. The quantitative estimate of drug-likeness (QED) is 0.761. The molecule has 3 rings (SSSR count). The van der Waals surface area contributed by atoms with Gasteiger partial charge in [-0.3, -0.25) is 4.79 Å². The van der Waals surface area contributed by atoms with Crippen molar-refractivity contribution in [3.63, 3.8) is 0 Å². The second kappa shape index (κ2) is 7.99. The van der Waals surface area contributed by atoms with Crippen molar-refractivity contribution in [3.8, 4) is 0 Å². The maximum atomic E-state index is 13.9. The predicted molar refractivity (Wildman–Crippen MR) is 98.4 cm³/mol. The molecule has 1 saturated heterocycles. The molecule has 1 atom stereocenters. The van der Waals surface area contributed by atoms with E-state index in [9.17, 15) is 22.0 Å². The molecule has 27 heavy (non-hydrogen) atoms. The van der Waals surface area contributed by atoms with Gasteiger partial charge in [0.1, 0.15) is 22.3 Å². The van der Waals surface area contributed by atoms with Crippen LogP contribution in [0.3, 0.4) is 0 Å². The summed E-state index contributed by atoms with van der Waals surface area (Å²) < 4.78 is 54.5. The van der Waals surface area contributed by atoms with E-state index in [4.69, 9.17) is 0 Å². The lowest BCUT2D eigenvalue weighted by Gasteiger charge is -2.31. The Kier molecular flexibility index (Phi) is 5.87. The van der Waals surface area contributed by atoms with Gasteiger partial charge < -0.3 is 5.32 Å². The van der Waals surface area contributed by atoms with Crippen molar-refractivity contribution in [1.29, 1.82) is 0 Å². The summed E-state index contributed by atoms with van der Waals surface area (Å²) in [5.41, 5.74) is 0. The highest BCUT2D eigenvalue weighted by atomic mass is 79.9. The van der Waals surface area contributed by atoms with Crippen molar-refractivity contribution in [1.82, 2.24) is 9.29 Å². The van der Waals surface area contributed by atoms with E-state index >= 15 is 0 Å². The highest BCUT2D eigenvalue weighted by molar-refractivity contribution is 9.10. The number of amides is 1. The monoisotopic (exact) mass is 459 g/mol. The molecule has 1 aromatic carbocycles. The van der Waals surface area contributed by atoms with E-state index in [0.29, 0.717) is 24.7 Å². The molecule has 144 valence electrons. The number of hydrogen-bond donors (Lipinski definition) is 1. The number of sulfonamides is 1. The lowest BCUT2D eigenvalue weighted by atomic mass is 9.99. The molecular formula is C17H16BrF2N3O3S. The van der Waals surface area contributed by atoms with E-state index in [1.165, 1.54) is 6.20 Å². The van der Waals surface area contributed by atoms with E-state index in [1.807, 2.05) is 0 Å². The van der Waals surface area contributed by atoms with Gasteiger partial charge in [0.25, 0.3) is 0 Å². The van der Waals surface area contributed by atoms with Crippen molar-refractivity contribution < 1.29 is 22.0 Å². The molecule has 0 aliphatic carbocycles. The van der Waals surface area contributed by atoms with Crippen LogP contribution in [0.25, 0.3) is 0 Å². The summed E-state index contributed by atoms with van der Waals surface area (Å²) in [5.74, 6) is -2.51. The standard InChI is InChI=1S/C17H16BrF2N3O3S/c18-12-3-6-16(21-9-12)22-17(24)11-2-1-7-23(10-11)27(25,26)15-8-13(19)4-5-14(15)20/h3-6,8-9,11H,1-2,7,10H2,(H,21,22,24). The Labute approximate surface area is 163 Å². The van der Waals surface area contributed by atoms with Crippen molar-refractivity contribution in [3.05, 3.63) is 52.6 Å². The van der Waals surface area contributed by atoms with Crippen LogP contribution < -0.4 is 5.32 Å². The average Bonchev–Trinajstić information content (AvgIpc) is 2.65. The number of carbonyl (C=O) groups is 1. The molecule has 1 unspecified atom stereocenters. The Balaban J connectivity index is 1.76. The van der Waals surface area contributed by atoms with Gasteiger partial charge in [0.2, 0.25) is 15.9 Å². The fourth-order valence-corrected chi connectivity index (χ4v) is 4.70. The molecule has 6 nitrogen and oxygen atoms in total. The Morgan fingerprint density at radius 3 is 2.74 bits per heavy atom. The molecule has 1 aromatic heterocycles. The van der Waals surface area contributed by atoms with Gasteiger partial charge in [-0.25, -0.2) is 22.2 Å². The Morgan fingerprint density at radius 1 is 1.26 bits per heavy atom. The lowest BCUT2D eigenvalue weighted by Crippen LogP contribution is -2.44. The number of aromatic nitrogens is 1. The maximum Gasteiger partial charge on any atom is 0.246 e. The zero-order valence-corrected chi connectivity index (χ0v) is 16.4. The van der Waals surface area contributed by atoms with Crippen molar-refractivity contribution >= 4 is 37.7 Å². The molecule has 1 amide bonds. The molecule has 0 radical (unpaired) electrons. The highest BCUT2D eigenvalue weighted by Gasteiger charge is 2.35. The number of hydrogen-bond acceptors (Lipinski definition) is 4. The topological polar surface area (TPSA) is 79.4 Å². The van der Waals surface area contributed by atoms with Crippen LogP contribution in [0, 0.1) is 17.6 Å². The van der Waals surface area contributed by atoms with Gasteiger partial charge >= 0.3 is 0 Å². The van der Waals surface area contributed by atoms with Gasteiger partial charge in [-0.2, -0.15) is 4.31 Å². The third-order valence-electron chi connectivity index (χ3n) is 4.24. The van der Waals surface area contributed by atoms with E-state index in [0.717, 1.165) is 20.9 Å². The molecule has 2 heterocycles. The van der Waals surface area contributed by atoms with Crippen LogP contribution in [-0.4, -0.2) is 36.7 Å². The van der Waals surface area contributed by atoms with E-state index < -0.39 is 32.5 Å². The van der Waals surface area contributed by atoms with Crippen LogP contribution in [0.5, 0.6) is 0 Å². The first-order valence-electron chi connectivity index (χ1n) is 8.15. The minimum atomic E-state index is -4.24. The van der Waals surface area contributed by atoms with Crippen LogP contribution in [0.15, 0.2) is 45.9 Å². The summed E-state index contributed by atoms with van der Waals surface area (Å²) in [6.07, 6.45) is 2.45. The number of carbonyl (C=O) groups excluding carboxylic acids is 1. The fourth-order valence-electron chi connectivity index (χ4n) is 2.87. The smallest absolute Gasteiger partial charge is 0.246 e.